The van der Waals surface area contributed by atoms with E-state index < -0.39 is 48.3 Å². The monoisotopic (exact) mass is 426 g/mol. The van der Waals surface area contributed by atoms with Crippen LogP contribution in [0, 0.1) is 5.41 Å². The zero-order chi connectivity index (χ0) is 22.7. The summed E-state index contributed by atoms with van der Waals surface area (Å²) >= 11 is 0. The Kier molecular flexibility index (Phi) is 9.75. The summed E-state index contributed by atoms with van der Waals surface area (Å²) in [6, 6.07) is -3.93. The maximum Gasteiger partial charge on any atom is 0.326 e. The third-order valence-electron chi connectivity index (χ3n) is 3.93. The lowest BCUT2D eigenvalue weighted by molar-refractivity contribution is -0.143. The minimum atomic E-state index is -1.52. The number of rotatable bonds is 13. The Morgan fingerprint density at radius 1 is 1.17 bits per heavy atom. The van der Waals surface area contributed by atoms with Crippen molar-refractivity contribution in [2.45, 2.75) is 43.8 Å². The van der Waals surface area contributed by atoms with E-state index in [2.05, 4.69) is 25.9 Å². The number of guanidine groups is 1. The Bertz CT molecular complexity index is 753. The van der Waals surface area contributed by atoms with Crippen molar-refractivity contribution >= 4 is 29.7 Å². The van der Waals surface area contributed by atoms with Crippen LogP contribution in [0.15, 0.2) is 12.5 Å². The molecular formula is C16H26N8O6. The summed E-state index contributed by atoms with van der Waals surface area (Å²) in [5.74, 6) is -4.72. The molecule has 1 aromatic rings. The lowest BCUT2D eigenvalue weighted by Crippen LogP contribution is -2.55. The molecule has 1 rings (SSSR count). The molecule has 0 saturated carbocycles. The number of carboxylic acids is 2. The molecule has 2 amide bonds. The summed E-state index contributed by atoms with van der Waals surface area (Å²) in [5, 5.41) is 32.3. The molecule has 0 spiro atoms. The van der Waals surface area contributed by atoms with Gasteiger partial charge in [0.15, 0.2) is 5.96 Å². The molecule has 0 aromatic carbocycles. The van der Waals surface area contributed by atoms with Crippen LogP contribution in [-0.4, -0.2) is 74.6 Å². The lowest BCUT2D eigenvalue weighted by atomic mass is 10.1. The second-order valence-electron chi connectivity index (χ2n) is 6.41. The number of nitrogens with one attached hydrogen (secondary N) is 5. The van der Waals surface area contributed by atoms with Crippen molar-refractivity contribution in [2.75, 3.05) is 6.54 Å². The van der Waals surface area contributed by atoms with Gasteiger partial charge in [-0.3, -0.25) is 19.8 Å². The summed E-state index contributed by atoms with van der Waals surface area (Å²) in [7, 11) is 0. The smallest absolute Gasteiger partial charge is 0.326 e. The fourth-order valence-corrected chi connectivity index (χ4v) is 2.44. The minimum absolute atomic E-state index is 0.00619. The van der Waals surface area contributed by atoms with Gasteiger partial charge < -0.3 is 42.6 Å². The number of hydrogen-bond acceptors (Lipinski definition) is 7. The average Bonchev–Trinajstić information content (AvgIpc) is 3.15. The Morgan fingerprint density at radius 2 is 1.83 bits per heavy atom. The highest BCUT2D eigenvalue weighted by Gasteiger charge is 2.29. The largest absolute Gasteiger partial charge is 0.481 e. The van der Waals surface area contributed by atoms with Crippen LogP contribution in [0.1, 0.15) is 25.0 Å². The predicted octanol–water partition coefficient (Wildman–Crippen LogP) is -2.93. The third kappa shape index (κ3) is 9.01. The summed E-state index contributed by atoms with van der Waals surface area (Å²) in [4.78, 5) is 53.8. The van der Waals surface area contributed by atoms with Crippen LogP contribution >= 0.6 is 0 Å². The molecule has 14 nitrogen and oxygen atoms in total. The number of carbonyl (C=O) groups excluding carboxylic acids is 2. The Balaban J connectivity index is 2.70. The highest BCUT2D eigenvalue weighted by Crippen LogP contribution is 2.02. The average molecular weight is 426 g/mol. The Morgan fingerprint density at radius 3 is 2.37 bits per heavy atom. The second-order valence-corrected chi connectivity index (χ2v) is 6.41. The van der Waals surface area contributed by atoms with Gasteiger partial charge in [0.25, 0.3) is 0 Å². The summed E-state index contributed by atoms with van der Waals surface area (Å²) in [6.07, 6.45) is 2.49. The van der Waals surface area contributed by atoms with Gasteiger partial charge in [0.2, 0.25) is 11.8 Å². The normalized spacial score (nSPS) is 13.5. The van der Waals surface area contributed by atoms with Crippen LogP contribution in [0.4, 0.5) is 0 Å². The molecule has 1 aromatic heterocycles. The minimum Gasteiger partial charge on any atom is -0.481 e. The van der Waals surface area contributed by atoms with Gasteiger partial charge in [-0.15, -0.1) is 0 Å². The van der Waals surface area contributed by atoms with Gasteiger partial charge in [0.1, 0.15) is 12.1 Å². The van der Waals surface area contributed by atoms with Crippen molar-refractivity contribution in [1.82, 2.24) is 25.9 Å². The summed E-state index contributed by atoms with van der Waals surface area (Å²) < 4.78 is 0. The molecule has 0 bridgehead atoms. The van der Waals surface area contributed by atoms with Crippen LogP contribution < -0.4 is 27.4 Å². The van der Waals surface area contributed by atoms with Gasteiger partial charge in [-0.05, 0) is 12.8 Å². The lowest BCUT2D eigenvalue weighted by Gasteiger charge is -2.22. The van der Waals surface area contributed by atoms with Gasteiger partial charge in [-0.1, -0.05) is 0 Å². The number of aromatic amines is 1. The predicted molar refractivity (Wildman–Crippen MR) is 103 cm³/mol. The highest BCUT2D eigenvalue weighted by molar-refractivity contribution is 5.94. The summed E-state index contributed by atoms with van der Waals surface area (Å²) in [6.45, 7) is 0.215. The van der Waals surface area contributed by atoms with Gasteiger partial charge in [0, 0.05) is 19.2 Å². The van der Waals surface area contributed by atoms with Crippen molar-refractivity contribution in [3.8, 4) is 0 Å². The molecular weight excluding hydrogens is 400 g/mol. The standard InChI is InChI=1S/C16H26N8O6/c17-9(4-8-6-20-7-22-8)13(27)24-11(5-12(25)26)14(28)23-10(15(29)30)2-1-3-21-16(18)19/h6-7,9-11H,1-5,17H2,(H,20,22)(H,23,28)(H,24,27)(H,25,26)(H,29,30)(H4,18,19,21)/t9-,10-,11-/m0/s1. The molecule has 166 valence electrons. The number of nitrogens with two attached hydrogens (primary N) is 2. The van der Waals surface area contributed by atoms with E-state index in [1.807, 2.05) is 0 Å². The van der Waals surface area contributed by atoms with Crippen molar-refractivity contribution in [3.05, 3.63) is 18.2 Å². The van der Waals surface area contributed by atoms with E-state index in [1.165, 1.54) is 12.5 Å². The number of imidazole rings is 1. The van der Waals surface area contributed by atoms with E-state index in [0.29, 0.717) is 5.69 Å². The first kappa shape index (κ1) is 24.4. The van der Waals surface area contributed by atoms with Crippen molar-refractivity contribution in [1.29, 1.82) is 5.41 Å². The number of aliphatic carboxylic acids is 2. The molecule has 0 fully saturated rings. The first-order chi connectivity index (χ1) is 14.1. The van der Waals surface area contributed by atoms with Gasteiger partial charge in [-0.2, -0.15) is 0 Å². The maximum absolute atomic E-state index is 12.4. The van der Waals surface area contributed by atoms with Crippen molar-refractivity contribution in [2.24, 2.45) is 11.5 Å². The first-order valence-corrected chi connectivity index (χ1v) is 8.96. The molecule has 30 heavy (non-hydrogen) atoms. The summed E-state index contributed by atoms with van der Waals surface area (Å²) in [5.41, 5.74) is 11.4. The molecule has 0 saturated heterocycles. The van der Waals surface area contributed by atoms with Crippen molar-refractivity contribution < 1.29 is 29.4 Å². The molecule has 0 unspecified atom stereocenters. The Hall–Kier alpha value is -3.68. The van der Waals surface area contributed by atoms with Gasteiger partial charge >= 0.3 is 11.9 Å². The van der Waals surface area contributed by atoms with Crippen molar-refractivity contribution in [3.63, 3.8) is 0 Å². The van der Waals surface area contributed by atoms with Gasteiger partial charge in [0.05, 0.1) is 24.5 Å². The molecule has 0 radical (unpaired) electrons. The van der Waals surface area contributed by atoms with E-state index >= 15 is 0 Å². The van der Waals surface area contributed by atoms with E-state index in [0.717, 1.165) is 0 Å². The number of amides is 2. The fourth-order valence-electron chi connectivity index (χ4n) is 2.44. The van der Waals surface area contributed by atoms with E-state index in [4.69, 9.17) is 22.0 Å². The number of carbonyl (C=O) groups is 4. The fraction of sp³-hybridized carbons (Fsp3) is 0.500. The molecule has 0 aliphatic heterocycles. The van der Waals surface area contributed by atoms with Crippen LogP contribution in [0.3, 0.4) is 0 Å². The van der Waals surface area contributed by atoms with Crippen LogP contribution in [0.25, 0.3) is 0 Å². The highest BCUT2D eigenvalue weighted by atomic mass is 16.4. The van der Waals surface area contributed by atoms with Crippen LogP contribution in [0.5, 0.6) is 0 Å². The molecule has 3 atom stereocenters. The topological polar surface area (TPSA) is 249 Å². The second kappa shape index (κ2) is 12.0. The number of hydrogen-bond donors (Lipinski definition) is 9. The molecule has 0 aliphatic carbocycles. The number of aromatic nitrogens is 2. The van der Waals surface area contributed by atoms with Crippen LogP contribution in [0.2, 0.25) is 0 Å². The number of carboxylic acid groups (broad SMARTS) is 2. The quantitative estimate of drug-likeness (QED) is 0.0881. The van der Waals surface area contributed by atoms with Crippen LogP contribution in [-0.2, 0) is 25.6 Å². The SMILES string of the molecule is N=C(N)NCCC[C@H](NC(=O)[C@H](CC(=O)O)NC(=O)[C@@H](N)Cc1c[nH]cn1)C(=O)O. The van der Waals surface area contributed by atoms with E-state index in [1.54, 1.807) is 0 Å². The molecule has 0 aliphatic rings. The number of nitrogens with zero attached hydrogens (tertiary/aromatic N) is 1. The zero-order valence-corrected chi connectivity index (χ0v) is 16.1. The first-order valence-electron chi connectivity index (χ1n) is 8.96. The molecule has 11 N–H and O–H groups in total. The number of H-pyrrole nitrogens is 1. The van der Waals surface area contributed by atoms with E-state index in [9.17, 15) is 24.3 Å². The van der Waals surface area contributed by atoms with E-state index in [-0.39, 0.29) is 31.8 Å². The molecule has 14 heteroatoms. The molecule has 1 heterocycles. The zero-order valence-electron chi connectivity index (χ0n) is 16.1. The Labute approximate surface area is 171 Å². The maximum atomic E-state index is 12.4. The third-order valence-corrected chi connectivity index (χ3v) is 3.93. The van der Waals surface area contributed by atoms with Gasteiger partial charge in [-0.25, -0.2) is 9.78 Å².